The van der Waals surface area contributed by atoms with Crippen LogP contribution >= 0.6 is 0 Å². The fourth-order valence-corrected chi connectivity index (χ4v) is 1.76. The van der Waals surface area contributed by atoms with Gasteiger partial charge in [0.25, 0.3) is 0 Å². The Morgan fingerprint density at radius 2 is 2.06 bits per heavy atom. The molecule has 0 spiro atoms. The summed E-state index contributed by atoms with van der Waals surface area (Å²) in [4.78, 5) is 24.7. The van der Waals surface area contributed by atoms with Gasteiger partial charge in [-0.1, -0.05) is 0 Å². The second-order valence-corrected chi connectivity index (χ2v) is 4.69. The second kappa shape index (κ2) is 5.30. The zero-order chi connectivity index (χ0) is 12.2. The smallest absolute Gasteiger partial charge is 0.241 e. The summed E-state index contributed by atoms with van der Waals surface area (Å²) in [6, 6.07) is 0. The number of likely N-dealkylation sites (N-methyl/N-ethyl adjacent to an activating group) is 1. The van der Waals surface area contributed by atoms with Crippen molar-refractivity contribution in [2.75, 3.05) is 27.2 Å². The number of piperidine rings is 1. The summed E-state index contributed by atoms with van der Waals surface area (Å²) in [6.45, 7) is 2.83. The number of rotatable bonds is 3. The first-order valence-corrected chi connectivity index (χ1v) is 5.69. The van der Waals surface area contributed by atoms with Crippen LogP contribution in [0.25, 0.3) is 0 Å². The Balaban J connectivity index is 2.42. The van der Waals surface area contributed by atoms with E-state index >= 15 is 0 Å². The van der Waals surface area contributed by atoms with Crippen molar-refractivity contribution < 1.29 is 9.59 Å². The van der Waals surface area contributed by atoms with Gasteiger partial charge in [-0.3, -0.25) is 9.59 Å². The van der Waals surface area contributed by atoms with Crippen molar-refractivity contribution >= 4 is 11.8 Å². The van der Waals surface area contributed by atoms with Crippen molar-refractivity contribution in [2.45, 2.75) is 31.7 Å². The number of amides is 2. The highest BCUT2D eigenvalue weighted by atomic mass is 16.2. The zero-order valence-corrected chi connectivity index (χ0v) is 10.3. The number of carbonyl (C=O) groups is 2. The van der Waals surface area contributed by atoms with Gasteiger partial charge in [0.05, 0.1) is 12.1 Å². The number of carbonyl (C=O) groups excluding carboxylic acids is 2. The summed E-state index contributed by atoms with van der Waals surface area (Å²) in [7, 11) is 3.35. The van der Waals surface area contributed by atoms with Crippen LogP contribution in [0.2, 0.25) is 0 Å². The van der Waals surface area contributed by atoms with Crippen LogP contribution < -0.4 is 10.6 Å². The summed E-state index contributed by atoms with van der Waals surface area (Å²) in [5.41, 5.74) is -0.509. The first-order chi connectivity index (χ1) is 7.46. The van der Waals surface area contributed by atoms with E-state index in [9.17, 15) is 9.59 Å². The molecule has 0 radical (unpaired) electrons. The van der Waals surface area contributed by atoms with E-state index in [0.29, 0.717) is 0 Å². The third-order valence-electron chi connectivity index (χ3n) is 3.02. The Hall–Kier alpha value is -1.10. The van der Waals surface area contributed by atoms with Gasteiger partial charge in [-0.25, -0.2) is 0 Å². The predicted octanol–water partition coefficient (Wildman–Crippen LogP) is -0.277. The largest absolute Gasteiger partial charge is 0.347 e. The average Bonchev–Trinajstić information content (AvgIpc) is 2.26. The molecule has 1 atom stereocenters. The lowest BCUT2D eigenvalue weighted by Crippen LogP contribution is -2.57. The van der Waals surface area contributed by atoms with E-state index in [-0.39, 0.29) is 18.4 Å². The van der Waals surface area contributed by atoms with Gasteiger partial charge in [-0.15, -0.1) is 0 Å². The first kappa shape index (κ1) is 13.0. The van der Waals surface area contributed by atoms with Gasteiger partial charge in [0.2, 0.25) is 11.8 Å². The van der Waals surface area contributed by atoms with E-state index in [0.717, 1.165) is 25.8 Å². The van der Waals surface area contributed by atoms with Crippen molar-refractivity contribution in [3.05, 3.63) is 0 Å². The SMILES string of the molecule is CN(C)C(=O)CNC(=O)C1(C)CCCCN1. The highest BCUT2D eigenvalue weighted by Crippen LogP contribution is 2.18. The molecule has 0 saturated carbocycles. The van der Waals surface area contributed by atoms with Gasteiger partial charge in [0.15, 0.2) is 0 Å². The molecule has 1 saturated heterocycles. The Bertz CT molecular complexity index is 270. The van der Waals surface area contributed by atoms with Gasteiger partial charge in [0, 0.05) is 14.1 Å². The molecule has 92 valence electrons. The van der Waals surface area contributed by atoms with Gasteiger partial charge in [-0.2, -0.15) is 0 Å². The van der Waals surface area contributed by atoms with Crippen LogP contribution in [0.15, 0.2) is 0 Å². The lowest BCUT2D eigenvalue weighted by Gasteiger charge is -2.33. The van der Waals surface area contributed by atoms with Gasteiger partial charge in [0.1, 0.15) is 0 Å². The Labute approximate surface area is 96.6 Å². The van der Waals surface area contributed by atoms with E-state index in [1.165, 1.54) is 4.90 Å². The monoisotopic (exact) mass is 227 g/mol. The van der Waals surface area contributed by atoms with Crippen LogP contribution in [0.5, 0.6) is 0 Å². The quantitative estimate of drug-likeness (QED) is 0.697. The van der Waals surface area contributed by atoms with Crippen molar-refractivity contribution in [1.82, 2.24) is 15.5 Å². The maximum absolute atomic E-state index is 11.9. The first-order valence-electron chi connectivity index (χ1n) is 5.69. The summed E-state index contributed by atoms with van der Waals surface area (Å²) in [6.07, 6.45) is 2.99. The van der Waals surface area contributed by atoms with Crippen molar-refractivity contribution in [1.29, 1.82) is 0 Å². The highest BCUT2D eigenvalue weighted by Gasteiger charge is 2.34. The molecule has 16 heavy (non-hydrogen) atoms. The highest BCUT2D eigenvalue weighted by molar-refractivity contribution is 5.89. The summed E-state index contributed by atoms with van der Waals surface area (Å²) >= 11 is 0. The number of nitrogens with zero attached hydrogens (tertiary/aromatic N) is 1. The van der Waals surface area contributed by atoms with Crippen LogP contribution in [0.3, 0.4) is 0 Å². The molecule has 5 heteroatoms. The Kier molecular flexibility index (Phi) is 4.29. The number of hydrogen-bond acceptors (Lipinski definition) is 3. The maximum atomic E-state index is 11.9. The van der Waals surface area contributed by atoms with Crippen molar-refractivity contribution in [2.24, 2.45) is 0 Å². The van der Waals surface area contributed by atoms with E-state index in [4.69, 9.17) is 0 Å². The van der Waals surface area contributed by atoms with Gasteiger partial charge in [-0.05, 0) is 32.7 Å². The van der Waals surface area contributed by atoms with Crippen molar-refractivity contribution in [3.63, 3.8) is 0 Å². The fourth-order valence-electron chi connectivity index (χ4n) is 1.76. The molecule has 2 amide bonds. The molecule has 0 aliphatic carbocycles. The summed E-state index contributed by atoms with van der Waals surface area (Å²) in [5, 5.41) is 5.89. The molecule has 1 aliphatic rings. The molecule has 1 unspecified atom stereocenters. The third-order valence-corrected chi connectivity index (χ3v) is 3.02. The van der Waals surface area contributed by atoms with Gasteiger partial charge >= 0.3 is 0 Å². The standard InChI is InChI=1S/C11H21N3O2/c1-11(6-4-5-7-13-11)10(16)12-8-9(15)14(2)3/h13H,4-8H2,1-3H3,(H,12,16). The molecule has 2 N–H and O–H groups in total. The van der Waals surface area contributed by atoms with Crippen molar-refractivity contribution in [3.8, 4) is 0 Å². The minimum absolute atomic E-state index is 0.0725. The second-order valence-electron chi connectivity index (χ2n) is 4.69. The van der Waals surface area contributed by atoms with E-state index in [1.807, 2.05) is 6.92 Å². The topological polar surface area (TPSA) is 61.4 Å². The minimum Gasteiger partial charge on any atom is -0.347 e. The van der Waals surface area contributed by atoms with Crippen LogP contribution in [-0.2, 0) is 9.59 Å². The van der Waals surface area contributed by atoms with Crippen LogP contribution in [0.1, 0.15) is 26.2 Å². The predicted molar refractivity (Wildman–Crippen MR) is 62.0 cm³/mol. The molecular formula is C11H21N3O2. The lowest BCUT2D eigenvalue weighted by molar-refractivity contribution is -0.133. The molecule has 0 bridgehead atoms. The Morgan fingerprint density at radius 3 is 2.56 bits per heavy atom. The lowest BCUT2D eigenvalue weighted by atomic mass is 9.90. The normalized spacial score (nSPS) is 24.9. The molecule has 1 heterocycles. The third kappa shape index (κ3) is 3.20. The minimum atomic E-state index is -0.509. The van der Waals surface area contributed by atoms with Gasteiger partial charge < -0.3 is 15.5 Å². The molecule has 0 aromatic heterocycles. The molecule has 1 rings (SSSR count). The summed E-state index contributed by atoms with van der Waals surface area (Å²) < 4.78 is 0. The Morgan fingerprint density at radius 1 is 1.38 bits per heavy atom. The van der Waals surface area contributed by atoms with E-state index in [1.54, 1.807) is 14.1 Å². The van der Waals surface area contributed by atoms with Crippen LogP contribution in [0.4, 0.5) is 0 Å². The van der Waals surface area contributed by atoms with Crippen LogP contribution in [0, 0.1) is 0 Å². The van der Waals surface area contributed by atoms with Crippen LogP contribution in [-0.4, -0.2) is 49.4 Å². The van der Waals surface area contributed by atoms with E-state index < -0.39 is 5.54 Å². The molecule has 1 fully saturated rings. The number of nitrogens with one attached hydrogen (secondary N) is 2. The maximum Gasteiger partial charge on any atom is 0.241 e. The molecule has 5 nitrogen and oxygen atoms in total. The number of hydrogen-bond donors (Lipinski definition) is 2. The molecule has 1 aliphatic heterocycles. The average molecular weight is 227 g/mol. The summed E-state index contributed by atoms with van der Waals surface area (Å²) in [5.74, 6) is -0.171. The fraction of sp³-hybridized carbons (Fsp3) is 0.818. The zero-order valence-electron chi connectivity index (χ0n) is 10.3. The molecule has 0 aromatic rings. The molecular weight excluding hydrogens is 206 g/mol. The van der Waals surface area contributed by atoms with E-state index in [2.05, 4.69) is 10.6 Å². The molecule has 0 aromatic carbocycles.